The SMILES string of the molecule is N#C[C@@H](C(=O)c1ccc(F)cc1)C(=O)c1cccs1. The van der Waals surface area contributed by atoms with Crippen LogP contribution < -0.4 is 0 Å². The van der Waals surface area contributed by atoms with Crippen molar-refractivity contribution < 1.29 is 14.0 Å². The van der Waals surface area contributed by atoms with Gasteiger partial charge in [-0.1, -0.05) is 6.07 Å². The topological polar surface area (TPSA) is 57.9 Å². The van der Waals surface area contributed by atoms with Crippen molar-refractivity contribution in [1.82, 2.24) is 0 Å². The quantitative estimate of drug-likeness (QED) is 0.635. The molecule has 0 aliphatic carbocycles. The molecule has 0 saturated heterocycles. The Kier molecular flexibility index (Phi) is 3.83. The molecule has 0 unspecified atom stereocenters. The van der Waals surface area contributed by atoms with E-state index in [0.29, 0.717) is 4.88 Å². The Bertz CT molecular complexity index is 641. The Morgan fingerprint density at radius 1 is 1.16 bits per heavy atom. The van der Waals surface area contributed by atoms with E-state index < -0.39 is 23.3 Å². The van der Waals surface area contributed by atoms with Gasteiger partial charge in [0.25, 0.3) is 0 Å². The van der Waals surface area contributed by atoms with E-state index in [1.54, 1.807) is 23.6 Å². The number of halogens is 1. The highest BCUT2D eigenvalue weighted by molar-refractivity contribution is 7.12. The molecule has 1 heterocycles. The zero-order valence-electron chi connectivity index (χ0n) is 9.67. The third kappa shape index (κ3) is 2.75. The molecule has 0 radical (unpaired) electrons. The van der Waals surface area contributed by atoms with Gasteiger partial charge in [0.2, 0.25) is 0 Å². The summed E-state index contributed by atoms with van der Waals surface area (Å²) in [5.41, 5.74) is 0.151. The standard InChI is InChI=1S/C14H8FNO2S/c15-10-5-3-9(4-6-10)13(17)11(8-16)14(18)12-2-1-7-19-12/h1-7,11H/t11-/m0/s1. The molecule has 19 heavy (non-hydrogen) atoms. The molecule has 1 aromatic carbocycles. The van der Waals surface area contributed by atoms with Crippen molar-refractivity contribution in [1.29, 1.82) is 5.26 Å². The molecule has 0 aliphatic rings. The Morgan fingerprint density at radius 3 is 2.37 bits per heavy atom. The number of ketones is 2. The molecule has 3 nitrogen and oxygen atoms in total. The van der Waals surface area contributed by atoms with E-state index in [0.717, 1.165) is 12.1 Å². The number of carbonyl (C=O) groups is 2. The summed E-state index contributed by atoms with van der Waals surface area (Å²) in [7, 11) is 0. The summed E-state index contributed by atoms with van der Waals surface area (Å²) in [6, 6.07) is 9.74. The summed E-state index contributed by atoms with van der Waals surface area (Å²) < 4.78 is 12.8. The van der Waals surface area contributed by atoms with Gasteiger partial charge in [-0.25, -0.2) is 4.39 Å². The van der Waals surface area contributed by atoms with Crippen LogP contribution in [0.4, 0.5) is 4.39 Å². The highest BCUT2D eigenvalue weighted by Gasteiger charge is 2.28. The van der Waals surface area contributed by atoms with Crippen LogP contribution in [0.3, 0.4) is 0 Å². The second-order valence-electron chi connectivity index (χ2n) is 3.77. The number of benzene rings is 1. The molecule has 0 bridgehead atoms. The number of Topliss-reactive ketones (excluding diaryl/α,β-unsaturated/α-hetero) is 2. The van der Waals surface area contributed by atoms with E-state index in [4.69, 9.17) is 5.26 Å². The summed E-state index contributed by atoms with van der Waals surface area (Å²) in [5, 5.41) is 10.7. The molecule has 1 atom stereocenters. The van der Waals surface area contributed by atoms with Crippen LogP contribution in [0.25, 0.3) is 0 Å². The molecule has 5 heteroatoms. The second-order valence-corrected chi connectivity index (χ2v) is 4.72. The van der Waals surface area contributed by atoms with Gasteiger partial charge in [-0.05, 0) is 35.7 Å². The van der Waals surface area contributed by atoms with Crippen LogP contribution in [0.2, 0.25) is 0 Å². The van der Waals surface area contributed by atoms with Crippen molar-refractivity contribution in [2.75, 3.05) is 0 Å². The summed E-state index contributed by atoms with van der Waals surface area (Å²) >= 11 is 1.18. The van der Waals surface area contributed by atoms with Gasteiger partial charge in [-0.15, -0.1) is 11.3 Å². The first-order valence-corrected chi connectivity index (χ1v) is 6.28. The molecule has 2 aromatic rings. The number of carbonyl (C=O) groups excluding carboxylic acids is 2. The summed E-state index contributed by atoms with van der Waals surface area (Å²) in [6.07, 6.45) is 0. The smallest absolute Gasteiger partial charge is 0.197 e. The minimum atomic E-state index is -1.39. The molecule has 2 rings (SSSR count). The zero-order valence-corrected chi connectivity index (χ0v) is 10.5. The third-order valence-electron chi connectivity index (χ3n) is 2.55. The number of rotatable bonds is 4. The molecule has 0 amide bonds. The lowest BCUT2D eigenvalue weighted by Crippen LogP contribution is -2.22. The highest BCUT2D eigenvalue weighted by Crippen LogP contribution is 2.18. The largest absolute Gasteiger partial charge is 0.292 e. The zero-order chi connectivity index (χ0) is 13.8. The summed E-state index contributed by atoms with van der Waals surface area (Å²) in [4.78, 5) is 24.4. The minimum absolute atomic E-state index is 0.151. The van der Waals surface area contributed by atoms with E-state index in [-0.39, 0.29) is 5.56 Å². The van der Waals surface area contributed by atoms with Gasteiger partial charge < -0.3 is 0 Å². The van der Waals surface area contributed by atoms with E-state index in [9.17, 15) is 14.0 Å². The van der Waals surface area contributed by atoms with Crippen LogP contribution in [-0.4, -0.2) is 11.6 Å². The Labute approximate surface area is 112 Å². The van der Waals surface area contributed by atoms with E-state index >= 15 is 0 Å². The van der Waals surface area contributed by atoms with Gasteiger partial charge >= 0.3 is 0 Å². The lowest BCUT2D eigenvalue weighted by molar-refractivity contribution is 0.0848. The maximum Gasteiger partial charge on any atom is 0.197 e. The van der Waals surface area contributed by atoms with Gasteiger partial charge in [0, 0.05) is 5.56 Å². The third-order valence-corrected chi connectivity index (χ3v) is 3.43. The van der Waals surface area contributed by atoms with Crippen LogP contribution in [0.15, 0.2) is 41.8 Å². The van der Waals surface area contributed by atoms with Crippen molar-refractivity contribution in [2.24, 2.45) is 5.92 Å². The van der Waals surface area contributed by atoms with Gasteiger partial charge in [-0.2, -0.15) is 5.26 Å². The van der Waals surface area contributed by atoms with Gasteiger partial charge in [0.1, 0.15) is 5.82 Å². The Hall–Kier alpha value is -2.32. The van der Waals surface area contributed by atoms with E-state index in [1.165, 1.54) is 23.5 Å². The fourth-order valence-corrected chi connectivity index (χ4v) is 2.27. The van der Waals surface area contributed by atoms with Crippen LogP contribution in [-0.2, 0) is 0 Å². The molecular weight excluding hydrogens is 265 g/mol. The molecule has 0 fully saturated rings. The normalized spacial score (nSPS) is 11.6. The molecule has 0 aliphatic heterocycles. The molecule has 1 aromatic heterocycles. The van der Waals surface area contributed by atoms with E-state index in [2.05, 4.69) is 0 Å². The molecule has 0 saturated carbocycles. The Balaban J connectivity index is 2.28. The predicted molar refractivity (Wildman–Crippen MR) is 68.5 cm³/mol. The molecular formula is C14H8FNO2S. The highest BCUT2D eigenvalue weighted by atomic mass is 32.1. The van der Waals surface area contributed by atoms with Crippen molar-refractivity contribution in [3.05, 3.63) is 58.0 Å². The van der Waals surface area contributed by atoms with E-state index in [1.807, 2.05) is 0 Å². The number of thiophene rings is 1. The van der Waals surface area contributed by atoms with Crippen LogP contribution in [0.1, 0.15) is 20.0 Å². The lowest BCUT2D eigenvalue weighted by Gasteiger charge is -2.06. The number of hydrogen-bond acceptors (Lipinski definition) is 4. The molecule has 94 valence electrons. The average Bonchev–Trinajstić information content (AvgIpc) is 2.94. The summed E-state index contributed by atoms with van der Waals surface area (Å²) in [5.74, 6) is -2.99. The lowest BCUT2D eigenvalue weighted by atomic mass is 9.94. The van der Waals surface area contributed by atoms with Crippen LogP contribution in [0.5, 0.6) is 0 Å². The average molecular weight is 273 g/mol. The van der Waals surface area contributed by atoms with Crippen molar-refractivity contribution in [3.8, 4) is 6.07 Å². The van der Waals surface area contributed by atoms with Gasteiger partial charge in [-0.3, -0.25) is 9.59 Å². The van der Waals surface area contributed by atoms with Crippen LogP contribution >= 0.6 is 11.3 Å². The predicted octanol–water partition coefficient (Wildman–Crippen LogP) is 3.09. The maximum atomic E-state index is 12.8. The maximum absolute atomic E-state index is 12.8. The Morgan fingerprint density at radius 2 is 1.84 bits per heavy atom. The van der Waals surface area contributed by atoms with Crippen molar-refractivity contribution >= 4 is 22.9 Å². The first-order valence-electron chi connectivity index (χ1n) is 5.40. The molecule has 0 N–H and O–H groups in total. The van der Waals surface area contributed by atoms with Gasteiger partial charge in [0.15, 0.2) is 17.5 Å². The van der Waals surface area contributed by atoms with Crippen molar-refractivity contribution in [3.63, 3.8) is 0 Å². The first kappa shape index (κ1) is 13.1. The first-order chi connectivity index (χ1) is 9.13. The number of hydrogen-bond donors (Lipinski definition) is 0. The summed E-state index contributed by atoms with van der Waals surface area (Å²) in [6.45, 7) is 0. The van der Waals surface area contributed by atoms with Crippen molar-refractivity contribution in [2.45, 2.75) is 0 Å². The minimum Gasteiger partial charge on any atom is -0.292 e. The number of nitriles is 1. The fourth-order valence-electron chi connectivity index (χ4n) is 1.58. The van der Waals surface area contributed by atoms with Crippen LogP contribution in [0, 0.1) is 23.1 Å². The fraction of sp³-hybridized carbons (Fsp3) is 0.0714. The van der Waals surface area contributed by atoms with Gasteiger partial charge in [0.05, 0.1) is 10.9 Å². The second kappa shape index (κ2) is 5.55. The molecule has 0 spiro atoms. The number of nitrogens with zero attached hydrogens (tertiary/aromatic N) is 1. The monoisotopic (exact) mass is 273 g/mol.